The molecule has 0 saturated carbocycles. The summed E-state index contributed by atoms with van der Waals surface area (Å²) in [5.74, 6) is 1.50. The summed E-state index contributed by atoms with van der Waals surface area (Å²) in [6.45, 7) is 2.59. The molecule has 172 valence electrons. The third-order valence-corrected chi connectivity index (χ3v) is 6.89. The van der Waals surface area contributed by atoms with Gasteiger partial charge in [-0.1, -0.05) is 23.7 Å². The Hall–Kier alpha value is -2.67. The number of hydrogen-bond acceptors (Lipinski definition) is 6. The molecule has 2 aromatic carbocycles. The lowest BCUT2D eigenvalue weighted by atomic mass is 10.0. The Balaban J connectivity index is 1.20. The van der Waals surface area contributed by atoms with E-state index in [-0.39, 0.29) is 12.2 Å². The lowest BCUT2D eigenvalue weighted by molar-refractivity contribution is -0.115. The second-order valence-electron chi connectivity index (χ2n) is 8.68. The van der Waals surface area contributed by atoms with Crippen LogP contribution in [-0.2, 0) is 9.53 Å². The molecule has 0 spiro atoms. The van der Waals surface area contributed by atoms with Gasteiger partial charge in [0, 0.05) is 42.3 Å². The molecule has 0 N–H and O–H groups in total. The number of aldehydes is 1. The highest BCUT2D eigenvalue weighted by Crippen LogP contribution is 2.32. The molecule has 33 heavy (non-hydrogen) atoms. The number of halogens is 1. The molecule has 0 bridgehead atoms. The van der Waals surface area contributed by atoms with Crippen LogP contribution in [0.2, 0.25) is 5.02 Å². The number of aromatic nitrogens is 1. The van der Waals surface area contributed by atoms with Gasteiger partial charge in [0.2, 0.25) is 0 Å². The summed E-state index contributed by atoms with van der Waals surface area (Å²) in [6.07, 6.45) is 5.50. The van der Waals surface area contributed by atoms with Gasteiger partial charge in [-0.05, 0) is 49.1 Å². The quantitative estimate of drug-likeness (QED) is 0.488. The summed E-state index contributed by atoms with van der Waals surface area (Å²) in [7, 11) is 1.60. The highest BCUT2D eigenvalue weighted by Gasteiger charge is 2.32. The fourth-order valence-corrected chi connectivity index (χ4v) is 4.96. The number of rotatable bonds is 6. The van der Waals surface area contributed by atoms with E-state index in [1.807, 2.05) is 30.5 Å². The number of likely N-dealkylation sites (tertiary alicyclic amines) is 1. The second kappa shape index (κ2) is 9.67. The van der Waals surface area contributed by atoms with E-state index in [9.17, 15) is 4.79 Å². The van der Waals surface area contributed by atoms with Crippen molar-refractivity contribution in [2.24, 2.45) is 0 Å². The number of carbonyl (C=O) groups excluding carboxylic acids is 1. The van der Waals surface area contributed by atoms with Gasteiger partial charge in [0.05, 0.1) is 24.3 Å². The van der Waals surface area contributed by atoms with Crippen molar-refractivity contribution < 1.29 is 19.0 Å². The Morgan fingerprint density at radius 1 is 1.12 bits per heavy atom. The third kappa shape index (κ3) is 4.83. The van der Waals surface area contributed by atoms with Crippen molar-refractivity contribution in [1.82, 2.24) is 9.88 Å². The van der Waals surface area contributed by atoms with Crippen molar-refractivity contribution >= 4 is 28.8 Å². The lowest BCUT2D eigenvalue weighted by Crippen LogP contribution is -2.44. The molecule has 2 saturated heterocycles. The molecule has 1 unspecified atom stereocenters. The summed E-state index contributed by atoms with van der Waals surface area (Å²) >= 11 is 6.28. The van der Waals surface area contributed by atoms with Gasteiger partial charge >= 0.3 is 0 Å². The number of ether oxygens (including phenoxy) is 3. The number of piperidine rings is 1. The molecule has 5 rings (SSSR count). The first-order valence-electron chi connectivity index (χ1n) is 11.3. The summed E-state index contributed by atoms with van der Waals surface area (Å²) in [6, 6.07) is 14.3. The SMILES string of the molecule is COc1cc2ncc(-c3ccc(OC4CCN(C5CO[C@@H](C=O)C5)CC4)cc3)cc2cc1Cl. The van der Waals surface area contributed by atoms with Gasteiger partial charge in [-0.3, -0.25) is 9.88 Å². The Labute approximate surface area is 198 Å². The zero-order valence-corrected chi connectivity index (χ0v) is 19.3. The van der Waals surface area contributed by atoms with E-state index >= 15 is 0 Å². The number of methoxy groups -OCH3 is 1. The maximum Gasteiger partial charge on any atom is 0.148 e. The fourth-order valence-electron chi connectivity index (χ4n) is 4.71. The summed E-state index contributed by atoms with van der Waals surface area (Å²) in [5.41, 5.74) is 2.94. The van der Waals surface area contributed by atoms with Crippen molar-refractivity contribution in [3.63, 3.8) is 0 Å². The van der Waals surface area contributed by atoms with Crippen LogP contribution in [0.25, 0.3) is 22.0 Å². The second-order valence-corrected chi connectivity index (χ2v) is 9.09. The maximum atomic E-state index is 10.9. The Kier molecular flexibility index (Phi) is 6.49. The molecule has 1 aromatic heterocycles. The van der Waals surface area contributed by atoms with Crippen LogP contribution in [0.15, 0.2) is 48.7 Å². The number of pyridine rings is 1. The van der Waals surface area contributed by atoms with Gasteiger partial charge in [-0.2, -0.15) is 0 Å². The topological polar surface area (TPSA) is 60.9 Å². The van der Waals surface area contributed by atoms with E-state index < -0.39 is 0 Å². The molecule has 2 aliphatic heterocycles. The van der Waals surface area contributed by atoms with Crippen LogP contribution in [0, 0.1) is 0 Å². The molecule has 2 fully saturated rings. The molecule has 3 aromatic rings. The van der Waals surface area contributed by atoms with E-state index in [1.54, 1.807) is 7.11 Å². The predicted octanol–water partition coefficient (Wildman–Crippen LogP) is 4.76. The van der Waals surface area contributed by atoms with E-state index in [2.05, 4.69) is 28.1 Å². The van der Waals surface area contributed by atoms with Gasteiger partial charge < -0.3 is 19.0 Å². The Bertz CT molecular complexity index is 1130. The first kappa shape index (κ1) is 22.1. The van der Waals surface area contributed by atoms with Crippen LogP contribution >= 0.6 is 11.6 Å². The van der Waals surface area contributed by atoms with Crippen LogP contribution in [0.5, 0.6) is 11.5 Å². The molecular formula is C26H27ClN2O4. The smallest absolute Gasteiger partial charge is 0.148 e. The van der Waals surface area contributed by atoms with E-state index in [0.29, 0.717) is 23.4 Å². The van der Waals surface area contributed by atoms with Crippen LogP contribution < -0.4 is 9.47 Å². The zero-order chi connectivity index (χ0) is 22.8. The third-order valence-electron chi connectivity index (χ3n) is 6.60. The van der Waals surface area contributed by atoms with Crippen LogP contribution in [0.1, 0.15) is 19.3 Å². The van der Waals surface area contributed by atoms with Crippen molar-refractivity contribution in [2.45, 2.75) is 37.5 Å². The van der Waals surface area contributed by atoms with Crippen molar-refractivity contribution in [1.29, 1.82) is 0 Å². The van der Waals surface area contributed by atoms with Gasteiger partial charge in [0.1, 0.15) is 30.0 Å². The molecular weight excluding hydrogens is 440 g/mol. The maximum absolute atomic E-state index is 10.9. The van der Waals surface area contributed by atoms with Crippen LogP contribution in [-0.4, -0.2) is 61.2 Å². The summed E-state index contributed by atoms with van der Waals surface area (Å²) < 4.78 is 17.0. The van der Waals surface area contributed by atoms with E-state index in [4.69, 9.17) is 25.8 Å². The molecule has 2 aliphatic rings. The average Bonchev–Trinajstić information content (AvgIpc) is 3.34. The van der Waals surface area contributed by atoms with E-state index in [0.717, 1.165) is 66.4 Å². The molecule has 0 amide bonds. The highest BCUT2D eigenvalue weighted by molar-refractivity contribution is 6.32. The summed E-state index contributed by atoms with van der Waals surface area (Å²) in [4.78, 5) is 17.9. The molecule has 6 nitrogen and oxygen atoms in total. The summed E-state index contributed by atoms with van der Waals surface area (Å²) in [5, 5.41) is 1.54. The van der Waals surface area contributed by atoms with Gasteiger partial charge in [0.25, 0.3) is 0 Å². The minimum atomic E-state index is -0.236. The zero-order valence-electron chi connectivity index (χ0n) is 18.6. The molecule has 2 atom stereocenters. The molecule has 3 heterocycles. The lowest BCUT2D eigenvalue weighted by Gasteiger charge is -2.35. The fraction of sp³-hybridized carbons (Fsp3) is 0.385. The molecule has 7 heteroatoms. The number of benzene rings is 2. The first-order chi connectivity index (χ1) is 16.1. The van der Waals surface area contributed by atoms with Gasteiger partial charge in [-0.15, -0.1) is 0 Å². The number of carbonyl (C=O) groups is 1. The minimum absolute atomic E-state index is 0.204. The van der Waals surface area contributed by atoms with Gasteiger partial charge in [-0.25, -0.2) is 0 Å². The average molecular weight is 467 g/mol. The van der Waals surface area contributed by atoms with Crippen LogP contribution in [0.3, 0.4) is 0 Å². The molecule has 0 radical (unpaired) electrons. The Morgan fingerprint density at radius 2 is 1.91 bits per heavy atom. The largest absolute Gasteiger partial charge is 0.495 e. The highest BCUT2D eigenvalue weighted by atomic mass is 35.5. The standard InChI is InChI=1S/C26H27ClN2O4/c1-31-26-13-25-18(11-24(26)27)10-19(14-28-25)17-2-4-21(5-3-17)33-22-6-8-29(9-7-22)20-12-23(15-30)32-16-20/h2-5,10-11,13-15,20,22-23H,6-9,12,16H2,1H3/t20?,23-/m1/s1. The van der Waals surface area contributed by atoms with Crippen molar-refractivity contribution in [2.75, 3.05) is 26.8 Å². The number of fused-ring (bicyclic) bond motifs is 1. The Morgan fingerprint density at radius 3 is 2.61 bits per heavy atom. The monoisotopic (exact) mass is 466 g/mol. The molecule has 0 aliphatic carbocycles. The first-order valence-corrected chi connectivity index (χ1v) is 11.7. The minimum Gasteiger partial charge on any atom is -0.495 e. The van der Waals surface area contributed by atoms with E-state index in [1.165, 1.54) is 0 Å². The van der Waals surface area contributed by atoms with Crippen LogP contribution in [0.4, 0.5) is 0 Å². The predicted molar refractivity (Wildman–Crippen MR) is 128 cm³/mol. The number of nitrogens with zero attached hydrogens (tertiary/aromatic N) is 2. The van der Waals surface area contributed by atoms with Crippen molar-refractivity contribution in [3.05, 3.63) is 53.7 Å². The normalized spacial score (nSPS) is 21.9. The van der Waals surface area contributed by atoms with Crippen molar-refractivity contribution in [3.8, 4) is 22.6 Å². The van der Waals surface area contributed by atoms with Gasteiger partial charge in [0.15, 0.2) is 0 Å². The number of hydrogen-bond donors (Lipinski definition) is 0.